The zero-order valence-corrected chi connectivity index (χ0v) is 18.9. The van der Waals surface area contributed by atoms with Crippen LogP contribution in [0.2, 0.25) is 0 Å². The van der Waals surface area contributed by atoms with E-state index in [0.717, 1.165) is 10.6 Å². The maximum Gasteiger partial charge on any atom is 0.290 e. The number of aliphatic hydroxyl groups excluding tert-OH is 1. The summed E-state index contributed by atoms with van der Waals surface area (Å²) in [7, 11) is -4.09. The lowest BCUT2D eigenvalue weighted by Gasteiger charge is -2.24. The molecule has 2 aliphatic rings. The number of hydrazine groups is 1. The summed E-state index contributed by atoms with van der Waals surface area (Å²) in [5.74, 6) is -1.81. The van der Waals surface area contributed by atoms with Crippen molar-refractivity contribution in [2.24, 2.45) is 0 Å². The van der Waals surface area contributed by atoms with Gasteiger partial charge in [-0.3, -0.25) is 29.6 Å². The van der Waals surface area contributed by atoms with Crippen LogP contribution in [-0.4, -0.2) is 46.9 Å². The number of rotatable bonds is 4. The fraction of sp³-hybridized carbons (Fsp3) is 0.105. The molecule has 0 radical (unpaired) electrons. The van der Waals surface area contributed by atoms with E-state index in [0.29, 0.717) is 4.47 Å². The molecule has 2 aromatic rings. The molecular formula is C19H15BrN4O5S2. The number of sulfonamides is 1. The molecule has 0 saturated carbocycles. The van der Waals surface area contributed by atoms with Crippen LogP contribution in [0.4, 0.5) is 0 Å². The third-order valence-corrected chi connectivity index (χ3v) is 6.99. The van der Waals surface area contributed by atoms with Gasteiger partial charge in [0, 0.05) is 10.0 Å². The van der Waals surface area contributed by atoms with E-state index in [1.54, 1.807) is 6.07 Å². The molecule has 3 N–H and O–H groups in total. The fourth-order valence-electron chi connectivity index (χ4n) is 3.17. The summed E-state index contributed by atoms with van der Waals surface area (Å²) >= 11 is 8.48. The molecule has 2 aliphatic heterocycles. The summed E-state index contributed by atoms with van der Waals surface area (Å²) in [6.07, 6.45) is 0. The predicted octanol–water partition coefficient (Wildman–Crippen LogP) is 1.63. The van der Waals surface area contributed by atoms with Gasteiger partial charge < -0.3 is 5.11 Å². The number of aliphatic hydroxyl groups is 1. The lowest BCUT2D eigenvalue weighted by atomic mass is 10.1. The minimum atomic E-state index is -4.09. The normalized spacial score (nSPS) is 17.5. The average Bonchev–Trinajstić information content (AvgIpc) is 2.99. The molecule has 160 valence electrons. The Hall–Kier alpha value is -2.96. The van der Waals surface area contributed by atoms with Crippen molar-refractivity contribution in [1.82, 2.24) is 20.1 Å². The third-order valence-electron chi connectivity index (χ3n) is 4.66. The Balaban J connectivity index is 1.56. The van der Waals surface area contributed by atoms with Crippen molar-refractivity contribution in [3.63, 3.8) is 0 Å². The number of nitrogens with zero attached hydrogens (tertiary/aromatic N) is 2. The molecule has 0 bridgehead atoms. The number of hydrogen-bond donors (Lipinski definition) is 3. The first-order valence-electron chi connectivity index (χ1n) is 8.90. The summed E-state index contributed by atoms with van der Waals surface area (Å²) in [4.78, 5) is 26.3. The van der Waals surface area contributed by atoms with E-state index in [4.69, 9.17) is 12.2 Å². The van der Waals surface area contributed by atoms with Gasteiger partial charge in [0.25, 0.3) is 21.8 Å². The molecule has 2 aromatic carbocycles. The van der Waals surface area contributed by atoms with Crippen LogP contribution in [0.5, 0.6) is 0 Å². The Morgan fingerprint density at radius 2 is 1.94 bits per heavy atom. The Morgan fingerprint density at radius 3 is 2.65 bits per heavy atom. The van der Waals surface area contributed by atoms with Gasteiger partial charge in [-0.1, -0.05) is 46.3 Å². The molecule has 12 heteroatoms. The maximum atomic E-state index is 12.7. The van der Waals surface area contributed by atoms with E-state index < -0.39 is 27.4 Å². The van der Waals surface area contributed by atoms with E-state index in [9.17, 15) is 23.1 Å². The molecule has 0 unspecified atom stereocenters. The highest BCUT2D eigenvalue weighted by molar-refractivity contribution is 9.10. The molecule has 0 atom stereocenters. The van der Waals surface area contributed by atoms with E-state index in [1.807, 2.05) is 30.3 Å². The van der Waals surface area contributed by atoms with Gasteiger partial charge in [0.05, 0.1) is 11.4 Å². The molecule has 0 spiro atoms. The number of benzene rings is 2. The summed E-state index contributed by atoms with van der Waals surface area (Å²) in [6, 6.07) is 13.4. The molecule has 31 heavy (non-hydrogen) atoms. The molecule has 1 fully saturated rings. The number of halogens is 1. The molecule has 2 amide bonds. The highest BCUT2D eigenvalue weighted by Crippen LogP contribution is 2.31. The second-order valence-electron chi connectivity index (χ2n) is 6.74. The van der Waals surface area contributed by atoms with Gasteiger partial charge in [-0.2, -0.15) is 0 Å². The van der Waals surface area contributed by atoms with Gasteiger partial charge in [0.15, 0.2) is 16.6 Å². The molecule has 2 heterocycles. The SMILES string of the molecule is O=C(NN1CC(=O)N(Cc2ccccc2)C1=S)C1=C(O)c2ccc(Br)cc2S(=O)(=O)N1. The van der Waals surface area contributed by atoms with Gasteiger partial charge in [0.1, 0.15) is 6.54 Å². The van der Waals surface area contributed by atoms with Crippen LogP contribution in [0.3, 0.4) is 0 Å². The van der Waals surface area contributed by atoms with Crippen LogP contribution in [0, 0.1) is 0 Å². The minimum Gasteiger partial charge on any atom is -0.505 e. The highest BCUT2D eigenvalue weighted by Gasteiger charge is 2.37. The maximum absolute atomic E-state index is 12.7. The van der Waals surface area contributed by atoms with Crippen LogP contribution >= 0.6 is 28.1 Å². The highest BCUT2D eigenvalue weighted by atomic mass is 79.9. The fourth-order valence-corrected chi connectivity index (χ4v) is 5.26. The van der Waals surface area contributed by atoms with Crippen molar-refractivity contribution < 1.29 is 23.1 Å². The first-order valence-corrected chi connectivity index (χ1v) is 11.6. The van der Waals surface area contributed by atoms with Gasteiger partial charge >= 0.3 is 0 Å². The van der Waals surface area contributed by atoms with Gasteiger partial charge in [-0.05, 0) is 36.0 Å². The Labute approximate surface area is 191 Å². The predicted molar refractivity (Wildman–Crippen MR) is 118 cm³/mol. The lowest BCUT2D eigenvalue weighted by Crippen LogP contribution is -2.48. The number of amides is 2. The first kappa shape index (κ1) is 21.3. The quantitative estimate of drug-likeness (QED) is 0.522. The number of carbonyl (C=O) groups excluding carboxylic acids is 2. The van der Waals surface area contributed by atoms with Crippen LogP contribution < -0.4 is 10.1 Å². The molecule has 4 rings (SSSR count). The second kappa shape index (κ2) is 7.94. The first-order chi connectivity index (χ1) is 14.7. The number of carbonyl (C=O) groups is 2. The van der Waals surface area contributed by atoms with Gasteiger partial charge in [-0.25, -0.2) is 8.42 Å². The van der Waals surface area contributed by atoms with Crippen LogP contribution in [0.1, 0.15) is 11.1 Å². The van der Waals surface area contributed by atoms with Crippen LogP contribution in [-0.2, 0) is 26.2 Å². The largest absolute Gasteiger partial charge is 0.505 e. The summed E-state index contributed by atoms with van der Waals surface area (Å²) in [5, 5.41) is 11.7. The molecular weight excluding hydrogens is 508 g/mol. The van der Waals surface area contributed by atoms with E-state index in [1.165, 1.54) is 17.0 Å². The Kier molecular flexibility index (Phi) is 5.45. The van der Waals surface area contributed by atoms with Crippen molar-refractivity contribution in [2.45, 2.75) is 11.4 Å². The summed E-state index contributed by atoms with van der Waals surface area (Å²) in [6.45, 7) is 0.00936. The van der Waals surface area contributed by atoms with Crippen molar-refractivity contribution in [2.75, 3.05) is 6.54 Å². The number of thiocarbonyl (C=S) groups is 1. The number of fused-ring (bicyclic) bond motifs is 1. The van der Waals surface area contributed by atoms with Crippen molar-refractivity contribution in [3.8, 4) is 0 Å². The van der Waals surface area contributed by atoms with Gasteiger partial charge in [0.2, 0.25) is 0 Å². The number of nitrogens with one attached hydrogen (secondary N) is 2. The van der Waals surface area contributed by atoms with E-state index in [2.05, 4.69) is 26.1 Å². The standard InChI is InChI=1S/C19H15BrN4O5S2/c20-12-6-7-13-14(8-12)31(28,29)22-16(17(13)26)18(27)21-24-10-15(25)23(19(24)30)9-11-4-2-1-3-5-11/h1-8,22,26H,9-10H2,(H,21,27). The van der Waals surface area contributed by atoms with Crippen molar-refractivity contribution in [3.05, 3.63) is 69.8 Å². The van der Waals surface area contributed by atoms with Gasteiger partial charge in [-0.15, -0.1) is 0 Å². The monoisotopic (exact) mass is 522 g/mol. The minimum absolute atomic E-state index is 0.0159. The van der Waals surface area contributed by atoms with Crippen molar-refractivity contribution in [1.29, 1.82) is 0 Å². The topological polar surface area (TPSA) is 119 Å². The smallest absolute Gasteiger partial charge is 0.290 e. The van der Waals surface area contributed by atoms with E-state index >= 15 is 0 Å². The molecule has 1 saturated heterocycles. The van der Waals surface area contributed by atoms with Crippen LogP contribution in [0.15, 0.2) is 63.6 Å². The van der Waals surface area contributed by atoms with Crippen molar-refractivity contribution >= 4 is 60.9 Å². The average molecular weight is 523 g/mol. The Bertz CT molecular complexity index is 1250. The molecule has 9 nitrogen and oxygen atoms in total. The zero-order valence-electron chi connectivity index (χ0n) is 15.7. The van der Waals surface area contributed by atoms with Crippen LogP contribution in [0.25, 0.3) is 5.76 Å². The Morgan fingerprint density at radius 1 is 1.23 bits per heavy atom. The van der Waals surface area contributed by atoms with E-state index in [-0.39, 0.29) is 34.6 Å². The second-order valence-corrected chi connectivity index (χ2v) is 9.68. The zero-order chi connectivity index (χ0) is 22.3. The molecule has 0 aromatic heterocycles. The number of hydrogen-bond acceptors (Lipinski definition) is 6. The summed E-state index contributed by atoms with van der Waals surface area (Å²) < 4.78 is 27.6. The lowest BCUT2D eigenvalue weighted by molar-refractivity contribution is -0.126. The summed E-state index contributed by atoms with van der Waals surface area (Å²) in [5.41, 5.74) is 2.67. The molecule has 0 aliphatic carbocycles. The third kappa shape index (κ3) is 4.01.